The van der Waals surface area contributed by atoms with Gasteiger partial charge >= 0.3 is 0 Å². The Balaban J connectivity index is 0.00000128. The van der Waals surface area contributed by atoms with Gasteiger partial charge in [-0.2, -0.15) is 9.15 Å². The molecule has 0 saturated carbocycles. The minimum atomic E-state index is 0. The van der Waals surface area contributed by atoms with E-state index in [1.165, 1.54) is 0 Å². The highest BCUT2D eigenvalue weighted by atomic mass is 16.0. The van der Waals surface area contributed by atoms with E-state index in [0.717, 1.165) is 44.3 Å². The van der Waals surface area contributed by atoms with Gasteiger partial charge in [-0.05, 0) is 0 Å². The second-order valence-electron chi connectivity index (χ2n) is 3.49. The zero-order valence-electron chi connectivity index (χ0n) is 9.58. The second-order valence-corrected chi connectivity index (χ2v) is 3.49. The van der Waals surface area contributed by atoms with Crippen LogP contribution in [0.2, 0.25) is 0 Å². The van der Waals surface area contributed by atoms with E-state index in [0.29, 0.717) is 0 Å². The van der Waals surface area contributed by atoms with E-state index in [9.17, 15) is 0 Å². The number of hydrogen-bond donors (Lipinski definition) is 2. The van der Waals surface area contributed by atoms with Crippen LogP contribution in [0.5, 0.6) is 0 Å². The van der Waals surface area contributed by atoms with Crippen LogP contribution in [0.15, 0.2) is 0 Å². The molecule has 6 heteroatoms. The average molecular weight is 238 g/mol. The van der Waals surface area contributed by atoms with Crippen molar-refractivity contribution in [2.75, 3.05) is 26.2 Å². The molecule has 0 aliphatic carbocycles. The molecular weight excluding hydrogens is 220 g/mol. The first kappa shape index (κ1) is 15.0. The summed E-state index contributed by atoms with van der Waals surface area (Å²) >= 11 is 0. The Labute approximate surface area is 101 Å². The van der Waals surface area contributed by atoms with E-state index < -0.39 is 0 Å². The standard InChI is InChI=1S/C11H12N4.2H2O/c1-3-14-7-5-12-10(14)9-11-13-6-8-15(11)4-2;;/h1-2H,5-9H2;2*1H2/p+2. The fraction of sp³-hybridized carbons (Fsp3) is 0.455. The van der Waals surface area contributed by atoms with Gasteiger partial charge in [0.1, 0.15) is 38.3 Å². The minimum Gasteiger partial charge on any atom is -0.412 e. The topological polar surface area (TPSA) is 93.1 Å². The molecule has 0 fully saturated rings. The molecule has 2 aliphatic heterocycles. The van der Waals surface area contributed by atoms with Gasteiger partial charge in [-0.15, -0.1) is 0 Å². The second kappa shape index (κ2) is 6.54. The minimum absolute atomic E-state index is 0. The van der Waals surface area contributed by atoms with E-state index in [4.69, 9.17) is 12.8 Å². The highest BCUT2D eigenvalue weighted by molar-refractivity contribution is 5.99. The molecule has 17 heavy (non-hydrogen) atoms. The summed E-state index contributed by atoms with van der Waals surface area (Å²) in [5.74, 6) is 2.12. The van der Waals surface area contributed by atoms with Gasteiger partial charge in [0.25, 0.3) is 11.7 Å². The number of nitrogens with zero attached hydrogens (tertiary/aromatic N) is 2. The van der Waals surface area contributed by atoms with Crippen LogP contribution in [0.25, 0.3) is 0 Å². The Morgan fingerprint density at radius 1 is 0.941 bits per heavy atom. The molecule has 0 spiro atoms. The summed E-state index contributed by atoms with van der Waals surface area (Å²) in [5, 5.41) is 6.55. The van der Waals surface area contributed by atoms with Crippen LogP contribution in [0, 0.1) is 24.9 Å². The molecule has 2 rings (SSSR count). The third-order valence-corrected chi connectivity index (χ3v) is 2.63. The molecule has 6 N–H and O–H groups in total. The number of hydrogen-bond acceptors (Lipinski definition) is 2. The van der Waals surface area contributed by atoms with Crippen LogP contribution in [0.3, 0.4) is 0 Å². The summed E-state index contributed by atoms with van der Waals surface area (Å²) in [4.78, 5) is 0. The van der Waals surface area contributed by atoms with E-state index >= 15 is 0 Å². The van der Waals surface area contributed by atoms with Crippen LogP contribution >= 0.6 is 0 Å². The fourth-order valence-electron chi connectivity index (χ4n) is 1.84. The van der Waals surface area contributed by atoms with E-state index in [2.05, 4.69) is 22.7 Å². The molecular formula is C11H18N4O2+2. The predicted molar refractivity (Wildman–Crippen MR) is 65.8 cm³/mol. The monoisotopic (exact) mass is 238 g/mol. The highest BCUT2D eigenvalue weighted by Crippen LogP contribution is 1.96. The van der Waals surface area contributed by atoms with Crippen molar-refractivity contribution < 1.29 is 20.1 Å². The van der Waals surface area contributed by atoms with Gasteiger partial charge in [-0.25, -0.2) is 0 Å². The van der Waals surface area contributed by atoms with Crippen molar-refractivity contribution in [1.82, 2.24) is 10.6 Å². The Kier molecular flexibility index (Phi) is 5.76. The average Bonchev–Trinajstić information content (AvgIpc) is 2.87. The maximum Gasteiger partial charge on any atom is 0.270 e. The van der Waals surface area contributed by atoms with Gasteiger partial charge in [0.2, 0.25) is 0 Å². The maximum atomic E-state index is 5.40. The third-order valence-electron chi connectivity index (χ3n) is 2.63. The van der Waals surface area contributed by atoms with E-state index in [1.807, 2.05) is 9.15 Å². The lowest BCUT2D eigenvalue weighted by molar-refractivity contribution is -0.429. The van der Waals surface area contributed by atoms with Crippen LogP contribution in [-0.2, 0) is 0 Å². The number of amidine groups is 2. The summed E-state index contributed by atoms with van der Waals surface area (Å²) in [7, 11) is 0. The fourth-order valence-corrected chi connectivity index (χ4v) is 1.84. The first-order chi connectivity index (χ1) is 7.35. The molecule has 0 atom stereocenters. The van der Waals surface area contributed by atoms with Crippen LogP contribution < -0.4 is 10.6 Å². The van der Waals surface area contributed by atoms with E-state index in [1.54, 1.807) is 0 Å². The van der Waals surface area contributed by atoms with Gasteiger partial charge in [-0.3, -0.25) is 10.6 Å². The first-order valence-electron chi connectivity index (χ1n) is 5.02. The molecule has 0 unspecified atom stereocenters. The van der Waals surface area contributed by atoms with Gasteiger partial charge in [0, 0.05) is 0 Å². The molecule has 92 valence electrons. The molecule has 0 aromatic heterocycles. The van der Waals surface area contributed by atoms with Crippen molar-refractivity contribution in [1.29, 1.82) is 0 Å². The van der Waals surface area contributed by atoms with E-state index in [-0.39, 0.29) is 11.0 Å². The smallest absolute Gasteiger partial charge is 0.270 e. The van der Waals surface area contributed by atoms with Crippen LogP contribution in [-0.4, -0.2) is 58.0 Å². The summed E-state index contributed by atoms with van der Waals surface area (Å²) in [5.41, 5.74) is 0. The first-order valence-corrected chi connectivity index (χ1v) is 5.02. The normalized spacial score (nSPS) is 17.3. The van der Waals surface area contributed by atoms with Crippen molar-refractivity contribution in [3.8, 4) is 24.9 Å². The Hall–Kier alpha value is -2.02. The summed E-state index contributed by atoms with van der Waals surface area (Å²) in [6.45, 7) is 3.55. The van der Waals surface area contributed by atoms with Crippen molar-refractivity contribution in [2.45, 2.75) is 6.42 Å². The Morgan fingerprint density at radius 2 is 1.35 bits per heavy atom. The van der Waals surface area contributed by atoms with Gasteiger partial charge in [-0.1, -0.05) is 12.8 Å². The predicted octanol–water partition coefficient (Wildman–Crippen LogP) is -3.06. The summed E-state index contributed by atoms with van der Waals surface area (Å²) in [6.07, 6.45) is 11.6. The molecule has 0 saturated heterocycles. The van der Waals surface area contributed by atoms with Crippen molar-refractivity contribution in [3.63, 3.8) is 0 Å². The SMILES string of the molecule is C#C[N+]1=C(CC2=[N+](C#C)CCN2)NCC1.O.O. The lowest BCUT2D eigenvalue weighted by atomic mass is 10.3. The zero-order valence-corrected chi connectivity index (χ0v) is 9.58. The van der Waals surface area contributed by atoms with Crippen LogP contribution in [0.4, 0.5) is 0 Å². The number of terminal acetylenes is 2. The maximum absolute atomic E-state index is 5.40. The highest BCUT2D eigenvalue weighted by Gasteiger charge is 2.28. The molecule has 6 nitrogen and oxygen atoms in total. The molecule has 0 bridgehead atoms. The molecule has 0 aromatic rings. The van der Waals surface area contributed by atoms with Crippen molar-refractivity contribution in [3.05, 3.63) is 0 Å². The van der Waals surface area contributed by atoms with Gasteiger partial charge in [0.15, 0.2) is 6.42 Å². The summed E-state index contributed by atoms with van der Waals surface area (Å²) in [6, 6.07) is 5.29. The number of nitrogens with one attached hydrogen (secondary N) is 2. The quantitative estimate of drug-likeness (QED) is 0.395. The summed E-state index contributed by atoms with van der Waals surface area (Å²) < 4.78 is 3.78. The van der Waals surface area contributed by atoms with Crippen LogP contribution in [0.1, 0.15) is 6.42 Å². The molecule has 0 aromatic carbocycles. The lowest BCUT2D eigenvalue weighted by Crippen LogP contribution is -2.31. The largest absolute Gasteiger partial charge is 0.412 e. The van der Waals surface area contributed by atoms with Gasteiger partial charge < -0.3 is 11.0 Å². The van der Waals surface area contributed by atoms with Crippen molar-refractivity contribution in [2.24, 2.45) is 0 Å². The molecule has 2 aliphatic rings. The molecule has 0 amide bonds. The Morgan fingerprint density at radius 3 is 1.71 bits per heavy atom. The molecule has 0 radical (unpaired) electrons. The zero-order chi connectivity index (χ0) is 10.7. The lowest BCUT2D eigenvalue weighted by Gasteiger charge is -1.96. The molecule has 2 heterocycles. The van der Waals surface area contributed by atoms with Gasteiger partial charge in [0.05, 0.1) is 0 Å². The Bertz CT molecular complexity index is 386. The number of rotatable bonds is 2. The van der Waals surface area contributed by atoms with Crippen molar-refractivity contribution >= 4 is 11.7 Å². The third kappa shape index (κ3) is 2.97.